The van der Waals surface area contributed by atoms with Crippen molar-refractivity contribution in [1.29, 1.82) is 0 Å². The first kappa shape index (κ1) is 9.69. The number of ether oxygens (including phenoxy) is 1. The third-order valence-electron chi connectivity index (χ3n) is 2.85. The van der Waals surface area contributed by atoms with Crippen molar-refractivity contribution in [3.05, 3.63) is 34.4 Å². The molecule has 14 heavy (non-hydrogen) atoms. The Morgan fingerprint density at radius 2 is 2.14 bits per heavy atom. The molecule has 0 aliphatic carbocycles. The predicted octanol–water partition coefficient (Wildman–Crippen LogP) is 1.88. The van der Waals surface area contributed by atoms with Crippen LogP contribution < -0.4 is 5.73 Å². The molecule has 0 radical (unpaired) electrons. The molecule has 1 aromatic carbocycles. The molecule has 1 heterocycles. The van der Waals surface area contributed by atoms with Gasteiger partial charge in [0.25, 0.3) is 0 Å². The normalized spacial score (nSPS) is 21.5. The zero-order chi connectivity index (χ0) is 10.1. The predicted molar refractivity (Wildman–Crippen MR) is 57.4 cm³/mol. The summed E-state index contributed by atoms with van der Waals surface area (Å²) >= 11 is 0. The molecule has 0 spiro atoms. The average Bonchev–Trinajstić information content (AvgIpc) is 2.29. The first-order valence-corrected chi connectivity index (χ1v) is 5.12. The van der Waals surface area contributed by atoms with Crippen molar-refractivity contribution >= 4 is 0 Å². The highest BCUT2D eigenvalue weighted by atomic mass is 16.5. The lowest BCUT2D eigenvalue weighted by atomic mass is 9.93. The van der Waals surface area contributed by atoms with E-state index in [4.69, 9.17) is 10.5 Å². The number of hydrogen-bond donors (Lipinski definition) is 1. The summed E-state index contributed by atoms with van der Waals surface area (Å²) in [5.41, 5.74) is 11.4. The van der Waals surface area contributed by atoms with Crippen LogP contribution in [-0.2, 0) is 11.2 Å². The van der Waals surface area contributed by atoms with E-state index < -0.39 is 0 Å². The van der Waals surface area contributed by atoms with E-state index in [1.807, 2.05) is 0 Å². The number of aryl methyl sites for hydroxylation is 2. The second kappa shape index (κ2) is 3.71. The fourth-order valence-corrected chi connectivity index (χ4v) is 2.18. The van der Waals surface area contributed by atoms with Crippen LogP contribution in [0, 0.1) is 13.8 Å². The van der Waals surface area contributed by atoms with Crippen LogP contribution in [0.3, 0.4) is 0 Å². The van der Waals surface area contributed by atoms with Gasteiger partial charge in [0, 0.05) is 0 Å². The Morgan fingerprint density at radius 1 is 1.36 bits per heavy atom. The van der Waals surface area contributed by atoms with Crippen LogP contribution in [0.25, 0.3) is 0 Å². The minimum atomic E-state index is 0.0473. The molecule has 2 nitrogen and oxygen atoms in total. The summed E-state index contributed by atoms with van der Waals surface area (Å²) < 4.78 is 5.46. The lowest BCUT2D eigenvalue weighted by Gasteiger charge is -2.14. The van der Waals surface area contributed by atoms with Crippen LogP contribution >= 0.6 is 0 Å². The average molecular weight is 191 g/mol. The van der Waals surface area contributed by atoms with Gasteiger partial charge in [-0.15, -0.1) is 0 Å². The minimum Gasteiger partial charge on any atom is -0.379 e. The van der Waals surface area contributed by atoms with Crippen molar-refractivity contribution in [3.63, 3.8) is 0 Å². The fraction of sp³-hybridized carbons (Fsp3) is 0.500. The molecular weight excluding hydrogens is 174 g/mol. The first-order chi connectivity index (χ1) is 6.68. The van der Waals surface area contributed by atoms with Crippen molar-refractivity contribution < 1.29 is 4.74 Å². The summed E-state index contributed by atoms with van der Waals surface area (Å²) in [5, 5.41) is 0. The maximum atomic E-state index is 6.06. The Labute approximate surface area is 85.1 Å². The Bertz CT molecular complexity index is 346. The lowest BCUT2D eigenvalue weighted by molar-refractivity contribution is 0.131. The molecule has 0 aromatic heterocycles. The topological polar surface area (TPSA) is 35.2 Å². The second-order valence-electron chi connectivity index (χ2n) is 4.08. The summed E-state index contributed by atoms with van der Waals surface area (Å²) in [4.78, 5) is 0. The van der Waals surface area contributed by atoms with Crippen LogP contribution in [0.1, 0.15) is 28.3 Å². The van der Waals surface area contributed by atoms with E-state index in [2.05, 4.69) is 26.0 Å². The first-order valence-electron chi connectivity index (χ1n) is 5.12. The van der Waals surface area contributed by atoms with Crippen molar-refractivity contribution in [1.82, 2.24) is 0 Å². The third kappa shape index (κ3) is 1.68. The van der Waals surface area contributed by atoms with Gasteiger partial charge in [-0.25, -0.2) is 0 Å². The quantitative estimate of drug-likeness (QED) is 0.679. The van der Waals surface area contributed by atoms with E-state index >= 15 is 0 Å². The van der Waals surface area contributed by atoms with Crippen LogP contribution in [-0.4, -0.2) is 13.2 Å². The van der Waals surface area contributed by atoms with E-state index in [1.165, 1.54) is 22.3 Å². The van der Waals surface area contributed by atoms with Crippen molar-refractivity contribution in [2.45, 2.75) is 26.3 Å². The fourth-order valence-electron chi connectivity index (χ4n) is 2.18. The van der Waals surface area contributed by atoms with E-state index in [0.717, 1.165) is 13.0 Å². The van der Waals surface area contributed by atoms with Gasteiger partial charge in [0.05, 0.1) is 19.3 Å². The van der Waals surface area contributed by atoms with Gasteiger partial charge in [0.2, 0.25) is 0 Å². The van der Waals surface area contributed by atoms with Crippen LogP contribution in [0.5, 0.6) is 0 Å². The summed E-state index contributed by atoms with van der Waals surface area (Å²) in [5.74, 6) is 0. The largest absolute Gasteiger partial charge is 0.379 e. The summed E-state index contributed by atoms with van der Waals surface area (Å²) in [7, 11) is 0. The Balaban J connectivity index is 2.53. The highest BCUT2D eigenvalue weighted by Gasteiger charge is 2.17. The number of fused-ring (bicyclic) bond motifs is 1. The lowest BCUT2D eigenvalue weighted by Crippen LogP contribution is -2.16. The van der Waals surface area contributed by atoms with E-state index in [0.29, 0.717) is 6.61 Å². The summed E-state index contributed by atoms with van der Waals surface area (Å²) in [6.45, 7) is 5.72. The van der Waals surface area contributed by atoms with E-state index in [9.17, 15) is 0 Å². The molecule has 1 atom stereocenters. The van der Waals surface area contributed by atoms with Gasteiger partial charge in [-0.1, -0.05) is 17.7 Å². The molecule has 0 bridgehead atoms. The molecule has 2 rings (SSSR count). The molecule has 0 amide bonds. The van der Waals surface area contributed by atoms with Crippen molar-refractivity contribution in [2.24, 2.45) is 5.73 Å². The number of hydrogen-bond acceptors (Lipinski definition) is 2. The number of rotatable bonds is 0. The smallest absolute Gasteiger partial charge is 0.0659 e. The van der Waals surface area contributed by atoms with Crippen molar-refractivity contribution in [2.75, 3.05) is 13.2 Å². The third-order valence-corrected chi connectivity index (χ3v) is 2.85. The monoisotopic (exact) mass is 191 g/mol. The standard InChI is InChI=1S/C12H17NO/c1-8-5-9(2)10-3-4-14-7-12(13)11(10)6-8/h5-6,12H,3-4,7,13H2,1-2H3. The Kier molecular flexibility index (Phi) is 2.57. The van der Waals surface area contributed by atoms with Crippen LogP contribution in [0.4, 0.5) is 0 Å². The molecule has 1 aliphatic heterocycles. The SMILES string of the molecule is Cc1cc(C)c2c(c1)C(N)COCC2. The molecule has 2 N–H and O–H groups in total. The van der Waals surface area contributed by atoms with Gasteiger partial charge < -0.3 is 10.5 Å². The maximum Gasteiger partial charge on any atom is 0.0659 e. The van der Waals surface area contributed by atoms with Gasteiger partial charge >= 0.3 is 0 Å². The van der Waals surface area contributed by atoms with Gasteiger partial charge in [0.15, 0.2) is 0 Å². The molecule has 1 aliphatic rings. The molecule has 0 fully saturated rings. The molecule has 1 aromatic rings. The molecule has 76 valence electrons. The zero-order valence-corrected chi connectivity index (χ0v) is 8.84. The molecule has 2 heteroatoms. The summed E-state index contributed by atoms with van der Waals surface area (Å²) in [6, 6.07) is 4.46. The minimum absolute atomic E-state index is 0.0473. The van der Waals surface area contributed by atoms with Crippen LogP contribution in [0.15, 0.2) is 12.1 Å². The molecular formula is C12H17NO. The van der Waals surface area contributed by atoms with Crippen LogP contribution in [0.2, 0.25) is 0 Å². The van der Waals surface area contributed by atoms with Gasteiger partial charge in [-0.2, -0.15) is 0 Å². The number of benzene rings is 1. The maximum absolute atomic E-state index is 6.06. The number of nitrogens with two attached hydrogens (primary N) is 1. The van der Waals surface area contributed by atoms with Gasteiger partial charge in [0.1, 0.15) is 0 Å². The molecule has 0 saturated carbocycles. The summed E-state index contributed by atoms with van der Waals surface area (Å²) in [6.07, 6.45) is 0.995. The Morgan fingerprint density at radius 3 is 2.93 bits per heavy atom. The van der Waals surface area contributed by atoms with E-state index in [-0.39, 0.29) is 6.04 Å². The van der Waals surface area contributed by atoms with Crippen molar-refractivity contribution in [3.8, 4) is 0 Å². The molecule has 0 saturated heterocycles. The second-order valence-corrected chi connectivity index (χ2v) is 4.08. The Hall–Kier alpha value is -0.860. The molecule has 1 unspecified atom stereocenters. The highest BCUT2D eigenvalue weighted by Crippen LogP contribution is 2.25. The van der Waals surface area contributed by atoms with E-state index in [1.54, 1.807) is 0 Å². The van der Waals surface area contributed by atoms with Gasteiger partial charge in [-0.05, 0) is 37.0 Å². The zero-order valence-electron chi connectivity index (χ0n) is 8.84. The van der Waals surface area contributed by atoms with Gasteiger partial charge in [-0.3, -0.25) is 0 Å². The highest BCUT2D eigenvalue weighted by molar-refractivity contribution is 5.40.